The van der Waals surface area contributed by atoms with Crippen molar-refractivity contribution in [2.24, 2.45) is 5.92 Å². The molecule has 1 saturated heterocycles. The molecule has 2 N–H and O–H groups in total. The Labute approximate surface area is 109 Å². The predicted octanol–water partition coefficient (Wildman–Crippen LogP) is 0.359. The van der Waals surface area contributed by atoms with Crippen LogP contribution in [0.25, 0.3) is 0 Å². The van der Waals surface area contributed by atoms with Crippen molar-refractivity contribution >= 4 is 11.8 Å². The maximum Gasteiger partial charge on any atom is 0.311 e. The minimum Gasteiger partial charge on any atom is -0.345 e. The van der Waals surface area contributed by atoms with Gasteiger partial charge in [-0.2, -0.15) is 0 Å². The third-order valence-corrected chi connectivity index (χ3v) is 3.02. The summed E-state index contributed by atoms with van der Waals surface area (Å²) in [5.74, 6) is -0.350. The first kappa shape index (κ1) is 15.0. The Bertz CT molecular complexity index is 284. The summed E-state index contributed by atoms with van der Waals surface area (Å²) in [6, 6.07) is 0.0477. The Morgan fingerprint density at radius 3 is 2.61 bits per heavy atom. The van der Waals surface area contributed by atoms with E-state index < -0.39 is 11.8 Å². The van der Waals surface area contributed by atoms with Gasteiger partial charge in [0.05, 0.1) is 0 Å². The summed E-state index contributed by atoms with van der Waals surface area (Å²) in [7, 11) is 0. The Balaban J connectivity index is 2.42. The lowest BCUT2D eigenvalue weighted by Gasteiger charge is -2.21. The number of hydrogen-bond donors (Lipinski definition) is 2. The van der Waals surface area contributed by atoms with E-state index in [1.165, 1.54) is 0 Å². The Morgan fingerprint density at radius 1 is 1.22 bits per heavy atom. The molecule has 0 bridgehead atoms. The first-order chi connectivity index (χ1) is 8.50. The van der Waals surface area contributed by atoms with Gasteiger partial charge in [-0.15, -0.1) is 0 Å². The molecule has 0 saturated carbocycles. The highest BCUT2D eigenvalue weighted by molar-refractivity contribution is 6.35. The molecule has 1 heterocycles. The molecule has 1 fully saturated rings. The van der Waals surface area contributed by atoms with E-state index in [9.17, 15) is 9.59 Å². The van der Waals surface area contributed by atoms with Gasteiger partial charge in [0.25, 0.3) is 0 Å². The van der Waals surface area contributed by atoms with E-state index >= 15 is 0 Å². The van der Waals surface area contributed by atoms with Crippen LogP contribution in [0, 0.1) is 5.92 Å². The van der Waals surface area contributed by atoms with Crippen molar-refractivity contribution in [3.8, 4) is 0 Å². The molecule has 104 valence electrons. The van der Waals surface area contributed by atoms with Crippen LogP contribution >= 0.6 is 0 Å². The quantitative estimate of drug-likeness (QED) is 0.716. The van der Waals surface area contributed by atoms with E-state index in [0.717, 1.165) is 25.9 Å². The highest BCUT2D eigenvalue weighted by Crippen LogP contribution is 2.04. The topological polar surface area (TPSA) is 61.4 Å². The summed E-state index contributed by atoms with van der Waals surface area (Å²) in [5, 5.41) is 5.99. The molecular formula is C13H25N3O2. The SMILES string of the molecule is CC(C)CC(C)NC(=O)C(=O)N1CCCNCC1. The summed E-state index contributed by atoms with van der Waals surface area (Å²) < 4.78 is 0. The van der Waals surface area contributed by atoms with Crippen molar-refractivity contribution in [1.29, 1.82) is 0 Å². The zero-order chi connectivity index (χ0) is 13.5. The van der Waals surface area contributed by atoms with Gasteiger partial charge >= 0.3 is 11.8 Å². The maximum atomic E-state index is 12.0. The van der Waals surface area contributed by atoms with E-state index in [1.807, 2.05) is 6.92 Å². The van der Waals surface area contributed by atoms with Crippen LogP contribution in [0.1, 0.15) is 33.6 Å². The Kier molecular flexibility index (Phi) is 6.12. The number of nitrogens with one attached hydrogen (secondary N) is 2. The van der Waals surface area contributed by atoms with E-state index in [1.54, 1.807) is 4.90 Å². The van der Waals surface area contributed by atoms with Gasteiger partial charge in [0.1, 0.15) is 0 Å². The van der Waals surface area contributed by atoms with Crippen LogP contribution in [-0.4, -0.2) is 48.9 Å². The molecule has 0 spiro atoms. The molecule has 1 unspecified atom stereocenters. The minimum atomic E-state index is -0.468. The average Bonchev–Trinajstić information content (AvgIpc) is 2.55. The lowest BCUT2D eigenvalue weighted by atomic mass is 10.1. The lowest BCUT2D eigenvalue weighted by Crippen LogP contribution is -2.47. The predicted molar refractivity (Wildman–Crippen MR) is 71.1 cm³/mol. The molecule has 0 aromatic rings. The number of carbonyl (C=O) groups is 2. The van der Waals surface area contributed by atoms with Gasteiger partial charge in [0.2, 0.25) is 0 Å². The molecule has 1 rings (SSSR count). The fourth-order valence-electron chi connectivity index (χ4n) is 2.24. The van der Waals surface area contributed by atoms with Gasteiger partial charge in [0.15, 0.2) is 0 Å². The van der Waals surface area contributed by atoms with E-state index in [0.29, 0.717) is 19.0 Å². The van der Waals surface area contributed by atoms with Crippen molar-refractivity contribution in [3.05, 3.63) is 0 Å². The second-order valence-corrected chi connectivity index (χ2v) is 5.40. The summed E-state index contributed by atoms with van der Waals surface area (Å²) in [6.07, 6.45) is 1.79. The highest BCUT2D eigenvalue weighted by atomic mass is 16.2. The molecule has 0 aromatic heterocycles. The molecule has 5 heteroatoms. The van der Waals surface area contributed by atoms with Crippen molar-refractivity contribution in [3.63, 3.8) is 0 Å². The van der Waals surface area contributed by atoms with Gasteiger partial charge in [-0.25, -0.2) is 0 Å². The van der Waals surface area contributed by atoms with Gasteiger partial charge in [-0.05, 0) is 32.2 Å². The molecule has 0 aromatic carbocycles. The molecule has 0 aliphatic carbocycles. The van der Waals surface area contributed by atoms with Crippen LogP contribution in [0.15, 0.2) is 0 Å². The van der Waals surface area contributed by atoms with Crippen LogP contribution in [0.3, 0.4) is 0 Å². The van der Waals surface area contributed by atoms with Crippen molar-refractivity contribution < 1.29 is 9.59 Å². The van der Waals surface area contributed by atoms with Gasteiger partial charge in [0, 0.05) is 25.7 Å². The van der Waals surface area contributed by atoms with Crippen LogP contribution in [0.4, 0.5) is 0 Å². The molecule has 1 aliphatic rings. The third kappa shape index (κ3) is 5.04. The average molecular weight is 255 g/mol. The fourth-order valence-corrected chi connectivity index (χ4v) is 2.24. The van der Waals surface area contributed by atoms with Gasteiger partial charge in [-0.1, -0.05) is 13.8 Å². The van der Waals surface area contributed by atoms with Crippen LogP contribution in [-0.2, 0) is 9.59 Å². The summed E-state index contributed by atoms with van der Waals surface area (Å²) >= 11 is 0. The number of rotatable bonds is 3. The Hall–Kier alpha value is -1.10. The molecule has 2 amide bonds. The van der Waals surface area contributed by atoms with Crippen LogP contribution in [0.5, 0.6) is 0 Å². The third-order valence-electron chi connectivity index (χ3n) is 3.02. The summed E-state index contributed by atoms with van der Waals surface area (Å²) in [4.78, 5) is 25.4. The normalized spacial score (nSPS) is 18.3. The summed E-state index contributed by atoms with van der Waals surface area (Å²) in [5.41, 5.74) is 0. The molecule has 18 heavy (non-hydrogen) atoms. The Morgan fingerprint density at radius 2 is 1.94 bits per heavy atom. The zero-order valence-corrected chi connectivity index (χ0v) is 11.7. The second-order valence-electron chi connectivity index (χ2n) is 5.40. The minimum absolute atomic E-state index is 0.0477. The van der Waals surface area contributed by atoms with Crippen LogP contribution < -0.4 is 10.6 Å². The van der Waals surface area contributed by atoms with E-state index in [4.69, 9.17) is 0 Å². The standard InChI is InChI=1S/C13H25N3O2/c1-10(2)9-11(3)15-12(17)13(18)16-7-4-5-14-6-8-16/h10-11,14H,4-9H2,1-3H3,(H,15,17). The second kappa shape index (κ2) is 7.36. The highest BCUT2D eigenvalue weighted by Gasteiger charge is 2.23. The first-order valence-electron chi connectivity index (χ1n) is 6.81. The van der Waals surface area contributed by atoms with Crippen molar-refractivity contribution in [2.75, 3.05) is 26.2 Å². The fraction of sp³-hybridized carbons (Fsp3) is 0.846. The van der Waals surface area contributed by atoms with E-state index in [2.05, 4.69) is 24.5 Å². The largest absolute Gasteiger partial charge is 0.345 e. The molecule has 5 nitrogen and oxygen atoms in total. The molecule has 1 aliphatic heterocycles. The maximum absolute atomic E-state index is 12.0. The van der Waals surface area contributed by atoms with Gasteiger partial charge in [-0.3, -0.25) is 9.59 Å². The van der Waals surface area contributed by atoms with Crippen molar-refractivity contribution in [1.82, 2.24) is 15.5 Å². The van der Waals surface area contributed by atoms with E-state index in [-0.39, 0.29) is 6.04 Å². The zero-order valence-electron chi connectivity index (χ0n) is 11.7. The number of amides is 2. The number of nitrogens with zero attached hydrogens (tertiary/aromatic N) is 1. The van der Waals surface area contributed by atoms with Crippen LogP contribution in [0.2, 0.25) is 0 Å². The molecule has 1 atom stereocenters. The first-order valence-corrected chi connectivity index (χ1v) is 6.81. The monoisotopic (exact) mass is 255 g/mol. The lowest BCUT2D eigenvalue weighted by molar-refractivity contribution is -0.146. The smallest absolute Gasteiger partial charge is 0.311 e. The summed E-state index contributed by atoms with van der Waals surface area (Å²) in [6.45, 7) is 9.10. The van der Waals surface area contributed by atoms with Crippen molar-refractivity contribution in [2.45, 2.75) is 39.7 Å². The molecular weight excluding hydrogens is 230 g/mol. The number of carbonyl (C=O) groups excluding carboxylic acids is 2. The number of hydrogen-bond acceptors (Lipinski definition) is 3. The van der Waals surface area contributed by atoms with Gasteiger partial charge < -0.3 is 15.5 Å². The molecule has 0 radical (unpaired) electrons.